The van der Waals surface area contributed by atoms with Gasteiger partial charge in [-0.05, 0) is 69.6 Å². The summed E-state index contributed by atoms with van der Waals surface area (Å²) in [4.78, 5) is 16.0. The number of furan rings is 2. The van der Waals surface area contributed by atoms with Gasteiger partial charge >= 0.3 is 0 Å². The maximum absolute atomic E-state index is 6.42. The topological polar surface area (TPSA) is 69.9 Å². The molecule has 59 heavy (non-hydrogen) atoms. The number of fused-ring (bicyclic) bond motifs is 12. The Morgan fingerprint density at radius 3 is 1.81 bits per heavy atom. The van der Waals surface area contributed by atoms with E-state index in [0.717, 1.165) is 104 Å². The van der Waals surface area contributed by atoms with E-state index in [4.69, 9.17) is 23.8 Å². The van der Waals surface area contributed by atoms with Crippen molar-refractivity contribution in [2.24, 2.45) is 0 Å². The summed E-state index contributed by atoms with van der Waals surface area (Å²) in [7, 11) is 0. The van der Waals surface area contributed by atoms with Crippen LogP contribution in [0.3, 0.4) is 0 Å². The average Bonchev–Trinajstić information content (AvgIpc) is 3.98. The molecule has 0 aliphatic carbocycles. The van der Waals surface area contributed by atoms with Crippen LogP contribution >= 0.6 is 0 Å². The third-order valence-corrected chi connectivity index (χ3v) is 11.8. The van der Waals surface area contributed by atoms with Gasteiger partial charge in [0.05, 0.1) is 11.0 Å². The van der Waals surface area contributed by atoms with Crippen molar-refractivity contribution in [1.29, 1.82) is 0 Å². The highest BCUT2D eigenvalue weighted by Crippen LogP contribution is 2.44. The van der Waals surface area contributed by atoms with Gasteiger partial charge in [-0.2, -0.15) is 9.97 Å². The lowest BCUT2D eigenvalue weighted by Crippen LogP contribution is -2.07. The van der Waals surface area contributed by atoms with Gasteiger partial charge in [-0.15, -0.1) is 0 Å². The quantitative estimate of drug-likeness (QED) is 0.179. The fourth-order valence-electron chi connectivity index (χ4n) is 9.18. The SMILES string of the molecule is c1ccc2cc(-c3nc(-c4ccc5c(c4)oc4ccccc45)nc(-n4c5ccc6ccccc6c5c5cccc(-c6cccc7oc8ccccc8c67)c54)n3)ccc2c1. The Morgan fingerprint density at radius 2 is 0.949 bits per heavy atom. The number of benzene rings is 9. The fraction of sp³-hybridized carbons (Fsp3) is 0. The molecule has 0 spiro atoms. The monoisotopic (exact) mass is 754 g/mol. The molecule has 0 aliphatic heterocycles. The van der Waals surface area contributed by atoms with Crippen LogP contribution in [0.25, 0.3) is 127 Å². The van der Waals surface area contributed by atoms with Crippen LogP contribution in [0.1, 0.15) is 0 Å². The molecule has 0 aliphatic rings. The van der Waals surface area contributed by atoms with Crippen LogP contribution in [0.2, 0.25) is 0 Å². The normalized spacial score (nSPS) is 12.1. The zero-order chi connectivity index (χ0) is 38.6. The van der Waals surface area contributed by atoms with Crippen LogP contribution < -0.4 is 0 Å². The summed E-state index contributed by atoms with van der Waals surface area (Å²) in [5.41, 5.74) is 9.21. The lowest BCUT2D eigenvalue weighted by Gasteiger charge is -2.14. The summed E-state index contributed by atoms with van der Waals surface area (Å²) in [6.07, 6.45) is 0. The molecule has 0 radical (unpaired) electrons. The van der Waals surface area contributed by atoms with E-state index < -0.39 is 0 Å². The van der Waals surface area contributed by atoms with E-state index >= 15 is 0 Å². The predicted octanol–water partition coefficient (Wildman–Crippen LogP) is 14.1. The Hall–Kier alpha value is -8.09. The van der Waals surface area contributed by atoms with Gasteiger partial charge in [-0.3, -0.25) is 4.57 Å². The number of nitrogens with zero attached hydrogens (tertiary/aromatic N) is 4. The number of aromatic nitrogens is 4. The number of rotatable bonds is 4. The van der Waals surface area contributed by atoms with E-state index in [1.807, 2.05) is 36.4 Å². The molecule has 0 bridgehead atoms. The van der Waals surface area contributed by atoms with E-state index in [2.05, 4.69) is 150 Å². The second kappa shape index (κ2) is 12.2. The molecular weight excluding hydrogens is 725 g/mol. The van der Waals surface area contributed by atoms with Crippen molar-refractivity contribution in [1.82, 2.24) is 19.5 Å². The van der Waals surface area contributed by atoms with Gasteiger partial charge in [0.1, 0.15) is 22.3 Å². The molecule has 13 rings (SSSR count). The first-order valence-corrected chi connectivity index (χ1v) is 19.8. The van der Waals surface area contributed by atoms with Crippen molar-refractivity contribution in [3.05, 3.63) is 182 Å². The number of para-hydroxylation sites is 3. The van der Waals surface area contributed by atoms with Gasteiger partial charge in [0, 0.05) is 49.0 Å². The maximum Gasteiger partial charge on any atom is 0.238 e. The summed E-state index contributed by atoms with van der Waals surface area (Å²) in [6, 6.07) is 63.3. The Labute approximate surface area is 336 Å². The Balaban J connectivity index is 1.15. The second-order valence-corrected chi connectivity index (χ2v) is 15.1. The van der Waals surface area contributed by atoms with Crippen LogP contribution in [-0.2, 0) is 0 Å². The van der Waals surface area contributed by atoms with Gasteiger partial charge in [0.25, 0.3) is 0 Å². The second-order valence-electron chi connectivity index (χ2n) is 15.1. The van der Waals surface area contributed by atoms with Gasteiger partial charge in [0.15, 0.2) is 11.6 Å². The first-order valence-electron chi connectivity index (χ1n) is 19.8. The highest BCUT2D eigenvalue weighted by Gasteiger charge is 2.24. The molecule has 6 nitrogen and oxygen atoms in total. The predicted molar refractivity (Wildman–Crippen MR) is 240 cm³/mol. The van der Waals surface area contributed by atoms with Crippen molar-refractivity contribution < 1.29 is 8.83 Å². The molecular formula is C53H30N4O2. The lowest BCUT2D eigenvalue weighted by molar-refractivity contribution is 0.668. The first kappa shape index (κ1) is 32.0. The van der Waals surface area contributed by atoms with Crippen LogP contribution in [0.5, 0.6) is 0 Å². The molecule has 0 saturated carbocycles. The molecule has 4 heterocycles. The largest absolute Gasteiger partial charge is 0.456 e. The molecule has 0 fully saturated rings. The molecule has 9 aromatic carbocycles. The average molecular weight is 755 g/mol. The van der Waals surface area contributed by atoms with E-state index in [1.165, 1.54) is 5.39 Å². The zero-order valence-corrected chi connectivity index (χ0v) is 31.4. The van der Waals surface area contributed by atoms with Gasteiger partial charge in [0.2, 0.25) is 5.95 Å². The van der Waals surface area contributed by atoms with Gasteiger partial charge in [-0.25, -0.2) is 4.98 Å². The molecule has 0 amide bonds. The highest BCUT2D eigenvalue weighted by atomic mass is 16.3. The Kier molecular flexibility index (Phi) is 6.63. The van der Waals surface area contributed by atoms with Gasteiger partial charge in [-0.1, -0.05) is 140 Å². The molecule has 0 atom stereocenters. The highest BCUT2D eigenvalue weighted by molar-refractivity contribution is 6.25. The van der Waals surface area contributed by atoms with E-state index in [1.54, 1.807) is 0 Å². The van der Waals surface area contributed by atoms with E-state index in [0.29, 0.717) is 17.6 Å². The standard InChI is InChI=1S/C53H30N4O2/c1-2-13-33-29-34(24-23-31(33)11-1)51-54-52(35-25-27-38-37-15-5-7-20-44(37)59-47(38)30-35)56-53(55-51)57-43-28-26-32-12-3-4-14-36(32)48(43)42-19-9-18-40(50(42)57)39-17-10-22-46-49(39)41-16-6-8-21-45(41)58-46/h1-30H. The maximum atomic E-state index is 6.42. The van der Waals surface area contributed by atoms with Crippen LogP contribution in [0, 0.1) is 0 Å². The van der Waals surface area contributed by atoms with Crippen molar-refractivity contribution >= 4 is 87.2 Å². The van der Waals surface area contributed by atoms with Crippen molar-refractivity contribution in [2.45, 2.75) is 0 Å². The molecule has 13 aromatic rings. The number of hydrogen-bond acceptors (Lipinski definition) is 5. The van der Waals surface area contributed by atoms with Crippen molar-refractivity contribution in [2.75, 3.05) is 0 Å². The summed E-state index contributed by atoms with van der Waals surface area (Å²) >= 11 is 0. The van der Waals surface area contributed by atoms with Crippen LogP contribution in [0.4, 0.5) is 0 Å². The summed E-state index contributed by atoms with van der Waals surface area (Å²) in [5, 5.41) is 11.1. The third kappa shape index (κ3) is 4.77. The first-order chi connectivity index (χ1) is 29.2. The minimum atomic E-state index is 0.523. The summed E-state index contributed by atoms with van der Waals surface area (Å²) in [6.45, 7) is 0. The smallest absolute Gasteiger partial charge is 0.238 e. The summed E-state index contributed by atoms with van der Waals surface area (Å²) in [5.74, 6) is 1.66. The molecule has 0 N–H and O–H groups in total. The van der Waals surface area contributed by atoms with Crippen molar-refractivity contribution in [3.8, 4) is 39.9 Å². The van der Waals surface area contributed by atoms with Crippen LogP contribution in [-0.4, -0.2) is 19.5 Å². The molecule has 0 saturated heterocycles. The van der Waals surface area contributed by atoms with E-state index in [-0.39, 0.29) is 0 Å². The van der Waals surface area contributed by atoms with E-state index in [9.17, 15) is 0 Å². The zero-order valence-electron chi connectivity index (χ0n) is 31.4. The van der Waals surface area contributed by atoms with Crippen LogP contribution in [0.15, 0.2) is 191 Å². The summed E-state index contributed by atoms with van der Waals surface area (Å²) < 4.78 is 15.0. The number of hydrogen-bond donors (Lipinski definition) is 0. The lowest BCUT2D eigenvalue weighted by atomic mass is 9.96. The molecule has 4 aromatic heterocycles. The minimum Gasteiger partial charge on any atom is -0.456 e. The fourth-order valence-corrected chi connectivity index (χ4v) is 9.18. The molecule has 6 heteroatoms. The molecule has 0 unspecified atom stereocenters. The van der Waals surface area contributed by atoms with Gasteiger partial charge < -0.3 is 8.83 Å². The van der Waals surface area contributed by atoms with Crippen molar-refractivity contribution in [3.63, 3.8) is 0 Å². The minimum absolute atomic E-state index is 0.523. The third-order valence-electron chi connectivity index (χ3n) is 11.8. The molecule has 274 valence electrons. The Bertz CT molecular complexity index is 3870. The Morgan fingerprint density at radius 1 is 0.356 bits per heavy atom.